The summed E-state index contributed by atoms with van der Waals surface area (Å²) in [5.41, 5.74) is 1.66. The van der Waals surface area contributed by atoms with E-state index in [0.29, 0.717) is 19.7 Å². The van der Waals surface area contributed by atoms with Gasteiger partial charge in [0.2, 0.25) is 0 Å². The fourth-order valence-electron chi connectivity index (χ4n) is 4.25. The summed E-state index contributed by atoms with van der Waals surface area (Å²) in [4.78, 5) is 25.8. The summed E-state index contributed by atoms with van der Waals surface area (Å²) in [6, 6.07) is 6.35. The van der Waals surface area contributed by atoms with Gasteiger partial charge in [0.25, 0.3) is 5.91 Å². The van der Waals surface area contributed by atoms with Crippen molar-refractivity contribution in [3.63, 3.8) is 0 Å². The maximum absolute atomic E-state index is 14.1. The molecule has 29 heavy (non-hydrogen) atoms. The number of hydrogen-bond acceptors (Lipinski definition) is 5. The van der Waals surface area contributed by atoms with Gasteiger partial charge in [0.1, 0.15) is 5.82 Å². The number of carbonyl (C=O) groups excluding carboxylic acids is 1. The smallest absolute Gasteiger partial charge is 0.257 e. The van der Waals surface area contributed by atoms with Crippen LogP contribution in [0.15, 0.2) is 36.7 Å². The number of aryl methyl sites for hydroxylation is 1. The lowest BCUT2D eigenvalue weighted by Crippen LogP contribution is -2.58. The molecule has 2 aliphatic heterocycles. The van der Waals surface area contributed by atoms with Gasteiger partial charge in [0.05, 0.1) is 47.9 Å². The van der Waals surface area contributed by atoms with E-state index in [1.165, 1.54) is 6.07 Å². The lowest BCUT2D eigenvalue weighted by atomic mass is 9.88. The summed E-state index contributed by atoms with van der Waals surface area (Å²) >= 11 is 0. The van der Waals surface area contributed by atoms with Crippen molar-refractivity contribution in [1.82, 2.24) is 19.8 Å². The number of nitrogens with zero attached hydrogens (tertiary/aromatic N) is 4. The number of morpholine rings is 1. The van der Waals surface area contributed by atoms with Crippen LogP contribution < -0.4 is 0 Å². The fraction of sp³-hybridized carbons (Fsp3) is 0.500. The molecule has 6 nitrogen and oxygen atoms in total. The highest BCUT2D eigenvalue weighted by Crippen LogP contribution is 2.33. The van der Waals surface area contributed by atoms with Crippen LogP contribution >= 0.6 is 0 Å². The molecule has 0 bridgehead atoms. The first-order valence-electron chi connectivity index (χ1n) is 10.2. The first-order valence-corrected chi connectivity index (χ1v) is 10.2. The van der Waals surface area contributed by atoms with Gasteiger partial charge in [-0.1, -0.05) is 12.1 Å². The molecule has 2 fully saturated rings. The van der Waals surface area contributed by atoms with Crippen molar-refractivity contribution >= 4 is 5.91 Å². The minimum absolute atomic E-state index is 0.133. The predicted molar refractivity (Wildman–Crippen MR) is 107 cm³/mol. The SMILES string of the molecule is Cc1cnc(C(C)N2CCC3(CC2)CN(C(=O)c2ccccc2F)CCO3)cn1. The number of piperidine rings is 1. The van der Waals surface area contributed by atoms with Crippen molar-refractivity contribution in [2.75, 3.05) is 32.8 Å². The highest BCUT2D eigenvalue weighted by Gasteiger charge is 2.42. The van der Waals surface area contributed by atoms with Gasteiger partial charge in [0.15, 0.2) is 0 Å². The highest BCUT2D eigenvalue weighted by molar-refractivity contribution is 5.94. The lowest BCUT2D eigenvalue weighted by Gasteiger charge is -2.48. The third-order valence-electron chi connectivity index (χ3n) is 6.13. The molecule has 0 saturated carbocycles. The molecular formula is C22H27FN4O2. The Bertz CT molecular complexity index is 865. The molecule has 1 spiro atoms. The number of rotatable bonds is 3. The van der Waals surface area contributed by atoms with Gasteiger partial charge in [-0.3, -0.25) is 19.7 Å². The maximum atomic E-state index is 14.1. The predicted octanol–water partition coefficient (Wildman–Crippen LogP) is 2.99. The van der Waals surface area contributed by atoms with Crippen LogP contribution in [0.3, 0.4) is 0 Å². The summed E-state index contributed by atoms with van der Waals surface area (Å²) < 4.78 is 20.2. The van der Waals surface area contributed by atoms with Crippen LogP contribution in [0.1, 0.15) is 47.6 Å². The third kappa shape index (κ3) is 4.16. The Hall–Kier alpha value is -2.38. The molecule has 0 aliphatic carbocycles. The number of likely N-dealkylation sites (tertiary alicyclic amines) is 1. The standard InChI is InChI=1S/C22H27FN4O2/c1-16-13-25-20(14-24-16)17(2)26-9-7-22(8-10-26)15-27(11-12-29-22)21(28)18-5-3-4-6-19(18)23/h3-6,13-14,17H,7-12,15H2,1-2H3. The third-order valence-corrected chi connectivity index (χ3v) is 6.13. The number of aromatic nitrogens is 2. The Kier molecular flexibility index (Phi) is 5.61. The zero-order chi connectivity index (χ0) is 20.4. The Balaban J connectivity index is 1.40. The van der Waals surface area contributed by atoms with E-state index >= 15 is 0 Å². The normalized spacial score (nSPS) is 20.6. The van der Waals surface area contributed by atoms with Crippen LogP contribution in [0.2, 0.25) is 0 Å². The topological polar surface area (TPSA) is 58.6 Å². The molecular weight excluding hydrogens is 371 g/mol. The minimum Gasteiger partial charge on any atom is -0.371 e. The van der Waals surface area contributed by atoms with E-state index in [1.54, 1.807) is 29.3 Å². The van der Waals surface area contributed by atoms with E-state index < -0.39 is 5.82 Å². The van der Waals surface area contributed by atoms with Gasteiger partial charge in [-0.2, -0.15) is 0 Å². The number of halogens is 1. The molecule has 7 heteroatoms. The number of carbonyl (C=O) groups is 1. The molecule has 1 aromatic carbocycles. The largest absolute Gasteiger partial charge is 0.371 e. The van der Waals surface area contributed by atoms with Gasteiger partial charge in [-0.25, -0.2) is 4.39 Å². The van der Waals surface area contributed by atoms with E-state index in [4.69, 9.17) is 4.74 Å². The van der Waals surface area contributed by atoms with E-state index in [0.717, 1.165) is 37.3 Å². The van der Waals surface area contributed by atoms with Gasteiger partial charge >= 0.3 is 0 Å². The number of benzene rings is 1. The molecule has 1 amide bonds. The molecule has 4 rings (SSSR count). The Morgan fingerprint density at radius 3 is 2.62 bits per heavy atom. The van der Waals surface area contributed by atoms with Crippen molar-refractivity contribution in [3.8, 4) is 0 Å². The summed E-state index contributed by atoms with van der Waals surface area (Å²) in [6.07, 6.45) is 5.30. The fourth-order valence-corrected chi connectivity index (χ4v) is 4.25. The Morgan fingerprint density at radius 2 is 1.93 bits per heavy atom. The summed E-state index contributed by atoms with van der Waals surface area (Å²) in [5.74, 6) is -0.725. The molecule has 2 aliphatic rings. The van der Waals surface area contributed by atoms with Crippen LogP contribution in [0, 0.1) is 12.7 Å². The first-order chi connectivity index (χ1) is 14.0. The van der Waals surface area contributed by atoms with Crippen LogP contribution in [-0.4, -0.2) is 64.1 Å². The van der Waals surface area contributed by atoms with E-state index in [-0.39, 0.29) is 23.1 Å². The van der Waals surface area contributed by atoms with Gasteiger partial charge in [0, 0.05) is 25.8 Å². The molecule has 0 N–H and O–H groups in total. The number of ether oxygens (including phenoxy) is 1. The van der Waals surface area contributed by atoms with Crippen molar-refractivity contribution in [2.45, 2.75) is 38.3 Å². The first kappa shape index (κ1) is 19.9. The lowest BCUT2D eigenvalue weighted by molar-refractivity contribution is -0.130. The number of hydrogen-bond donors (Lipinski definition) is 0. The quantitative estimate of drug-likeness (QED) is 0.796. The molecule has 2 aromatic rings. The van der Waals surface area contributed by atoms with Crippen molar-refractivity contribution in [3.05, 3.63) is 59.4 Å². The molecule has 3 heterocycles. The van der Waals surface area contributed by atoms with Crippen LogP contribution in [0.25, 0.3) is 0 Å². The Labute approximate surface area is 170 Å². The summed E-state index contributed by atoms with van der Waals surface area (Å²) in [7, 11) is 0. The van der Waals surface area contributed by atoms with Crippen molar-refractivity contribution < 1.29 is 13.9 Å². The van der Waals surface area contributed by atoms with Crippen LogP contribution in [0.5, 0.6) is 0 Å². The second kappa shape index (κ2) is 8.16. The second-order valence-corrected chi connectivity index (χ2v) is 8.03. The average Bonchev–Trinajstić information content (AvgIpc) is 2.74. The highest BCUT2D eigenvalue weighted by atomic mass is 19.1. The summed E-state index contributed by atoms with van der Waals surface area (Å²) in [6.45, 7) is 7.28. The van der Waals surface area contributed by atoms with Crippen molar-refractivity contribution in [2.24, 2.45) is 0 Å². The van der Waals surface area contributed by atoms with E-state index in [1.807, 2.05) is 13.1 Å². The monoisotopic (exact) mass is 398 g/mol. The molecule has 1 unspecified atom stereocenters. The van der Waals surface area contributed by atoms with E-state index in [2.05, 4.69) is 21.8 Å². The molecule has 1 atom stereocenters. The molecule has 0 radical (unpaired) electrons. The van der Waals surface area contributed by atoms with Gasteiger partial charge < -0.3 is 9.64 Å². The zero-order valence-electron chi connectivity index (χ0n) is 17.0. The molecule has 1 aromatic heterocycles. The average molecular weight is 398 g/mol. The second-order valence-electron chi connectivity index (χ2n) is 8.03. The summed E-state index contributed by atoms with van der Waals surface area (Å²) in [5, 5.41) is 0. The maximum Gasteiger partial charge on any atom is 0.257 e. The van der Waals surface area contributed by atoms with Gasteiger partial charge in [-0.05, 0) is 38.8 Å². The number of amides is 1. The minimum atomic E-state index is -0.471. The van der Waals surface area contributed by atoms with E-state index in [9.17, 15) is 9.18 Å². The van der Waals surface area contributed by atoms with Crippen LogP contribution in [-0.2, 0) is 4.74 Å². The Morgan fingerprint density at radius 1 is 1.17 bits per heavy atom. The van der Waals surface area contributed by atoms with Gasteiger partial charge in [-0.15, -0.1) is 0 Å². The molecule has 2 saturated heterocycles. The zero-order valence-corrected chi connectivity index (χ0v) is 17.0. The molecule has 154 valence electrons. The van der Waals surface area contributed by atoms with Crippen LogP contribution in [0.4, 0.5) is 4.39 Å². The van der Waals surface area contributed by atoms with Crippen molar-refractivity contribution in [1.29, 1.82) is 0 Å².